The van der Waals surface area contributed by atoms with Gasteiger partial charge in [-0.1, -0.05) is 18.2 Å². The number of likely N-dealkylation sites (tertiary alicyclic amines) is 1. The summed E-state index contributed by atoms with van der Waals surface area (Å²) < 4.78 is 0. The molecule has 132 valence electrons. The summed E-state index contributed by atoms with van der Waals surface area (Å²) in [6.07, 6.45) is 8.19. The number of aromatic nitrogens is 3. The highest BCUT2D eigenvalue weighted by atomic mass is 16.2. The highest BCUT2D eigenvalue weighted by Crippen LogP contribution is 2.25. The van der Waals surface area contributed by atoms with Crippen LogP contribution >= 0.6 is 0 Å². The van der Waals surface area contributed by atoms with Crippen molar-refractivity contribution in [3.05, 3.63) is 65.9 Å². The molecule has 26 heavy (non-hydrogen) atoms. The number of hydrogen-bond donors (Lipinski definition) is 0. The molecule has 0 radical (unpaired) electrons. The minimum Gasteiger partial charge on any atom is -0.337 e. The van der Waals surface area contributed by atoms with Crippen molar-refractivity contribution in [1.29, 1.82) is 0 Å². The average molecular weight is 346 g/mol. The number of aryl methyl sites for hydroxylation is 1. The molecular formula is C21H22N4O. The van der Waals surface area contributed by atoms with Crippen LogP contribution in [0.5, 0.6) is 0 Å². The van der Waals surface area contributed by atoms with Crippen LogP contribution in [0.15, 0.2) is 48.9 Å². The Morgan fingerprint density at radius 3 is 2.92 bits per heavy atom. The van der Waals surface area contributed by atoms with Gasteiger partial charge in [-0.25, -0.2) is 4.98 Å². The Bertz CT molecular complexity index is 917. The maximum Gasteiger partial charge on any atom is 0.274 e. The van der Waals surface area contributed by atoms with Crippen LogP contribution in [0.3, 0.4) is 0 Å². The molecule has 1 fully saturated rings. The molecular weight excluding hydrogens is 324 g/mol. The molecule has 0 N–H and O–H groups in total. The number of pyridine rings is 1. The van der Waals surface area contributed by atoms with E-state index in [1.807, 2.05) is 30.2 Å². The van der Waals surface area contributed by atoms with Crippen molar-refractivity contribution in [3.8, 4) is 0 Å². The fourth-order valence-corrected chi connectivity index (χ4v) is 3.74. The second kappa shape index (κ2) is 7.20. The first kappa shape index (κ1) is 16.6. The third-order valence-corrected chi connectivity index (χ3v) is 5.05. The lowest BCUT2D eigenvalue weighted by atomic mass is 9.89. The van der Waals surface area contributed by atoms with E-state index in [9.17, 15) is 4.79 Å². The first-order chi connectivity index (χ1) is 12.7. The first-order valence-electron chi connectivity index (χ1n) is 9.11. The lowest BCUT2D eigenvalue weighted by Crippen LogP contribution is -2.40. The predicted molar refractivity (Wildman–Crippen MR) is 101 cm³/mol. The molecule has 1 atom stereocenters. The Morgan fingerprint density at radius 1 is 1.15 bits per heavy atom. The number of benzene rings is 1. The largest absolute Gasteiger partial charge is 0.337 e. The first-order valence-corrected chi connectivity index (χ1v) is 9.11. The number of carbonyl (C=O) groups excluding carboxylic acids is 1. The molecule has 1 aliphatic heterocycles. The predicted octanol–water partition coefficient (Wildman–Crippen LogP) is 3.43. The maximum absolute atomic E-state index is 12.7. The van der Waals surface area contributed by atoms with Crippen LogP contribution in [-0.4, -0.2) is 38.8 Å². The summed E-state index contributed by atoms with van der Waals surface area (Å²) in [7, 11) is 0. The Balaban J connectivity index is 1.50. The third kappa shape index (κ3) is 3.43. The molecule has 1 aliphatic rings. The standard InChI is InChI=1S/C21H22N4O/c1-15-12-24-20(13-23-15)21(26)25-10-4-5-16(14-25)11-17-6-2-8-19-18(17)7-3-9-22-19/h2-3,6-9,12-13,16H,4-5,10-11,14H2,1H3. The van der Waals surface area contributed by atoms with Crippen LogP contribution in [0.4, 0.5) is 0 Å². The van der Waals surface area contributed by atoms with E-state index in [1.165, 1.54) is 10.9 Å². The molecule has 2 aromatic heterocycles. The van der Waals surface area contributed by atoms with Crippen molar-refractivity contribution in [2.45, 2.75) is 26.2 Å². The molecule has 1 amide bonds. The Hall–Kier alpha value is -2.82. The van der Waals surface area contributed by atoms with Crippen molar-refractivity contribution in [2.24, 2.45) is 5.92 Å². The molecule has 1 aromatic carbocycles. The molecule has 1 unspecified atom stereocenters. The highest BCUT2D eigenvalue weighted by molar-refractivity contribution is 5.92. The third-order valence-electron chi connectivity index (χ3n) is 5.05. The molecule has 0 spiro atoms. The van der Waals surface area contributed by atoms with Gasteiger partial charge < -0.3 is 4.90 Å². The Kier molecular flexibility index (Phi) is 4.61. The number of carbonyl (C=O) groups is 1. The molecule has 0 saturated carbocycles. The van der Waals surface area contributed by atoms with Gasteiger partial charge in [0.2, 0.25) is 0 Å². The van der Waals surface area contributed by atoms with E-state index in [1.54, 1.807) is 12.4 Å². The maximum atomic E-state index is 12.7. The van der Waals surface area contributed by atoms with E-state index in [0.29, 0.717) is 11.6 Å². The molecule has 0 aliphatic carbocycles. The zero-order valence-corrected chi connectivity index (χ0v) is 14.9. The summed E-state index contributed by atoms with van der Waals surface area (Å²) in [4.78, 5) is 27.5. The van der Waals surface area contributed by atoms with Gasteiger partial charge in [0, 0.05) is 30.9 Å². The SMILES string of the molecule is Cc1cnc(C(=O)N2CCCC(Cc3cccc4ncccc34)C2)cn1. The highest BCUT2D eigenvalue weighted by Gasteiger charge is 2.25. The lowest BCUT2D eigenvalue weighted by Gasteiger charge is -2.32. The number of piperidine rings is 1. The second-order valence-electron chi connectivity index (χ2n) is 6.99. The number of fused-ring (bicyclic) bond motifs is 1. The van der Waals surface area contributed by atoms with E-state index >= 15 is 0 Å². The van der Waals surface area contributed by atoms with E-state index in [4.69, 9.17) is 0 Å². The van der Waals surface area contributed by atoms with Gasteiger partial charge >= 0.3 is 0 Å². The van der Waals surface area contributed by atoms with Crippen molar-refractivity contribution >= 4 is 16.8 Å². The van der Waals surface area contributed by atoms with Crippen molar-refractivity contribution in [1.82, 2.24) is 19.9 Å². The fourth-order valence-electron chi connectivity index (χ4n) is 3.74. The van der Waals surface area contributed by atoms with Gasteiger partial charge in [-0.3, -0.25) is 14.8 Å². The lowest BCUT2D eigenvalue weighted by molar-refractivity contribution is 0.0667. The molecule has 1 saturated heterocycles. The Morgan fingerprint density at radius 2 is 2.08 bits per heavy atom. The van der Waals surface area contributed by atoms with Crippen molar-refractivity contribution in [3.63, 3.8) is 0 Å². The van der Waals surface area contributed by atoms with Gasteiger partial charge in [-0.05, 0) is 49.8 Å². The second-order valence-corrected chi connectivity index (χ2v) is 6.99. The number of rotatable bonds is 3. The van der Waals surface area contributed by atoms with Crippen LogP contribution in [0, 0.1) is 12.8 Å². The zero-order chi connectivity index (χ0) is 17.9. The van der Waals surface area contributed by atoms with Gasteiger partial charge in [0.05, 0.1) is 17.4 Å². The summed E-state index contributed by atoms with van der Waals surface area (Å²) in [5, 5.41) is 1.21. The zero-order valence-electron chi connectivity index (χ0n) is 14.9. The van der Waals surface area contributed by atoms with Gasteiger partial charge in [-0.15, -0.1) is 0 Å². The average Bonchev–Trinajstić information content (AvgIpc) is 2.69. The normalized spacial score (nSPS) is 17.4. The fraction of sp³-hybridized carbons (Fsp3) is 0.333. The number of amides is 1. The number of nitrogens with zero attached hydrogens (tertiary/aromatic N) is 4. The molecule has 3 heterocycles. The van der Waals surface area contributed by atoms with E-state index in [2.05, 4.69) is 33.2 Å². The minimum atomic E-state index is -0.0122. The van der Waals surface area contributed by atoms with E-state index in [0.717, 1.165) is 43.6 Å². The minimum absolute atomic E-state index is 0.0122. The summed E-state index contributed by atoms with van der Waals surface area (Å²) in [6.45, 7) is 3.43. The van der Waals surface area contributed by atoms with Crippen LogP contribution in [-0.2, 0) is 6.42 Å². The van der Waals surface area contributed by atoms with Crippen LogP contribution in [0.25, 0.3) is 10.9 Å². The van der Waals surface area contributed by atoms with Crippen LogP contribution in [0.2, 0.25) is 0 Å². The van der Waals surface area contributed by atoms with Crippen molar-refractivity contribution in [2.75, 3.05) is 13.1 Å². The summed E-state index contributed by atoms with van der Waals surface area (Å²) in [5.74, 6) is 0.443. The summed E-state index contributed by atoms with van der Waals surface area (Å²) >= 11 is 0. The van der Waals surface area contributed by atoms with Gasteiger partial charge in [-0.2, -0.15) is 0 Å². The topological polar surface area (TPSA) is 59.0 Å². The summed E-state index contributed by atoms with van der Waals surface area (Å²) in [5.41, 5.74) is 3.60. The van der Waals surface area contributed by atoms with Crippen molar-refractivity contribution < 1.29 is 4.79 Å². The van der Waals surface area contributed by atoms with Crippen LogP contribution < -0.4 is 0 Å². The van der Waals surface area contributed by atoms with Gasteiger partial charge in [0.25, 0.3) is 5.91 Å². The quantitative estimate of drug-likeness (QED) is 0.729. The molecule has 0 bridgehead atoms. The summed E-state index contributed by atoms with van der Waals surface area (Å²) in [6, 6.07) is 10.4. The monoisotopic (exact) mass is 346 g/mol. The van der Waals surface area contributed by atoms with Gasteiger partial charge in [0.1, 0.15) is 5.69 Å². The Labute approximate surface area is 153 Å². The molecule has 5 nitrogen and oxygen atoms in total. The molecule has 4 rings (SSSR count). The van der Waals surface area contributed by atoms with E-state index < -0.39 is 0 Å². The smallest absolute Gasteiger partial charge is 0.274 e. The number of hydrogen-bond acceptors (Lipinski definition) is 4. The van der Waals surface area contributed by atoms with Gasteiger partial charge in [0.15, 0.2) is 0 Å². The van der Waals surface area contributed by atoms with Crippen LogP contribution in [0.1, 0.15) is 34.6 Å². The molecule has 5 heteroatoms. The van der Waals surface area contributed by atoms with E-state index in [-0.39, 0.29) is 5.91 Å². The molecule has 3 aromatic rings.